The molecule has 1 aromatic carbocycles. The number of benzene rings is 1. The highest BCUT2D eigenvalue weighted by molar-refractivity contribution is 9.09. The van der Waals surface area contributed by atoms with Crippen molar-refractivity contribution >= 4 is 15.9 Å². The van der Waals surface area contributed by atoms with Crippen LogP contribution >= 0.6 is 15.9 Å². The van der Waals surface area contributed by atoms with Gasteiger partial charge in [-0.1, -0.05) is 59.3 Å². The predicted octanol–water partition coefficient (Wildman–Crippen LogP) is 2.26. The van der Waals surface area contributed by atoms with Crippen LogP contribution in [0.3, 0.4) is 0 Å². The van der Waals surface area contributed by atoms with E-state index in [1.165, 1.54) is 0 Å². The molecule has 0 fully saturated rings. The molecule has 0 bridgehead atoms. The molecule has 0 aliphatic heterocycles. The average molecular weight is 205 g/mol. The molecule has 10 heavy (non-hydrogen) atoms. The van der Waals surface area contributed by atoms with Crippen LogP contribution in [-0.2, 0) is 0 Å². The Bertz CT molecular complexity index is 92.1. The highest BCUT2D eigenvalue weighted by Gasteiger charge is 1.57. The second kappa shape index (κ2) is 11.5. The summed E-state index contributed by atoms with van der Waals surface area (Å²) in [4.78, 5) is 0. The van der Waals surface area contributed by atoms with E-state index in [2.05, 4.69) is 15.9 Å². The van der Waals surface area contributed by atoms with Crippen LogP contribution in [0.4, 0.5) is 0 Å². The van der Waals surface area contributed by atoms with Gasteiger partial charge in [0, 0.05) is 5.33 Å². The number of rotatable bonds is 0. The molecule has 1 nitrogen and oxygen atoms in total. The van der Waals surface area contributed by atoms with Crippen molar-refractivity contribution < 1.29 is 5.48 Å². The Morgan fingerprint density at radius 2 is 1.00 bits per heavy atom. The van der Waals surface area contributed by atoms with Gasteiger partial charge in [0.2, 0.25) is 0 Å². The summed E-state index contributed by atoms with van der Waals surface area (Å²) in [5, 5.41) is 1.06. The smallest absolute Gasteiger partial charge is 0.000281 e. The Kier molecular flexibility index (Phi) is 14.1. The van der Waals surface area contributed by atoms with Gasteiger partial charge < -0.3 is 5.48 Å². The third kappa shape index (κ3) is 10.6. The fourth-order valence-corrected chi connectivity index (χ4v) is 0.385. The minimum Gasteiger partial charge on any atom is -0.412 e. The largest absolute Gasteiger partial charge is 0.412 e. The van der Waals surface area contributed by atoms with Crippen molar-refractivity contribution in [3.05, 3.63) is 36.4 Å². The summed E-state index contributed by atoms with van der Waals surface area (Å²) in [6.07, 6.45) is 0. The van der Waals surface area contributed by atoms with E-state index >= 15 is 0 Å². The van der Waals surface area contributed by atoms with E-state index in [-0.39, 0.29) is 5.48 Å². The predicted molar refractivity (Wildman–Crippen MR) is 49.5 cm³/mol. The summed E-state index contributed by atoms with van der Waals surface area (Å²) in [5.41, 5.74) is 0. The highest BCUT2D eigenvalue weighted by atomic mass is 79.9. The Hall–Kier alpha value is -0.340. The van der Waals surface area contributed by atoms with Crippen molar-refractivity contribution in [3.8, 4) is 0 Å². The molecule has 0 heterocycles. The fourth-order valence-electron chi connectivity index (χ4n) is 0.385. The lowest BCUT2D eigenvalue weighted by Gasteiger charge is -1.69. The van der Waals surface area contributed by atoms with E-state index in [1.54, 1.807) is 0 Å². The molecule has 0 aromatic heterocycles. The molecule has 1 aromatic rings. The minimum atomic E-state index is 0. The fraction of sp³-hybridized carbons (Fsp3) is 0.250. The van der Waals surface area contributed by atoms with Gasteiger partial charge in [-0.25, -0.2) is 0 Å². The summed E-state index contributed by atoms with van der Waals surface area (Å²) in [7, 11) is 0. The third-order valence-electron chi connectivity index (χ3n) is 0.667. The zero-order valence-electron chi connectivity index (χ0n) is 6.05. The molecule has 0 saturated carbocycles. The van der Waals surface area contributed by atoms with Crippen LogP contribution in [0.2, 0.25) is 0 Å². The molecular formula is C8H13BrO. The van der Waals surface area contributed by atoms with E-state index in [9.17, 15) is 0 Å². The Morgan fingerprint density at radius 1 is 0.900 bits per heavy atom. The summed E-state index contributed by atoms with van der Waals surface area (Å²) in [6, 6.07) is 12.0. The first-order chi connectivity index (χ1) is 4.41. The maximum atomic E-state index is 3.15. The van der Waals surface area contributed by atoms with Crippen LogP contribution in [0.15, 0.2) is 36.4 Å². The van der Waals surface area contributed by atoms with Crippen LogP contribution in [0.5, 0.6) is 0 Å². The summed E-state index contributed by atoms with van der Waals surface area (Å²) < 4.78 is 0. The van der Waals surface area contributed by atoms with Crippen molar-refractivity contribution in [2.24, 2.45) is 0 Å². The average Bonchev–Trinajstić information content (AvgIpc) is 1.93. The molecule has 0 spiro atoms. The SMILES string of the molecule is CCBr.O.c1ccccc1. The topological polar surface area (TPSA) is 31.5 Å². The van der Waals surface area contributed by atoms with Gasteiger partial charge in [-0.15, -0.1) is 0 Å². The van der Waals surface area contributed by atoms with E-state index in [1.807, 2.05) is 43.3 Å². The molecule has 0 aliphatic carbocycles. The van der Waals surface area contributed by atoms with E-state index < -0.39 is 0 Å². The van der Waals surface area contributed by atoms with Gasteiger partial charge in [0.1, 0.15) is 0 Å². The lowest BCUT2D eigenvalue weighted by Crippen LogP contribution is -1.47. The van der Waals surface area contributed by atoms with Crippen molar-refractivity contribution in [2.45, 2.75) is 6.92 Å². The first-order valence-electron chi connectivity index (χ1n) is 2.97. The van der Waals surface area contributed by atoms with E-state index in [4.69, 9.17) is 0 Å². The maximum Gasteiger partial charge on any atom is 0.000281 e. The van der Waals surface area contributed by atoms with Crippen LogP contribution in [0.1, 0.15) is 6.92 Å². The van der Waals surface area contributed by atoms with Crippen LogP contribution < -0.4 is 0 Å². The molecule has 2 N–H and O–H groups in total. The van der Waals surface area contributed by atoms with E-state index in [0.717, 1.165) is 5.33 Å². The first kappa shape index (κ1) is 12.3. The molecular weight excluding hydrogens is 192 g/mol. The molecule has 0 aliphatic rings. The third-order valence-corrected chi connectivity index (χ3v) is 0.667. The van der Waals surface area contributed by atoms with Crippen LogP contribution in [-0.4, -0.2) is 10.8 Å². The number of alkyl halides is 1. The van der Waals surface area contributed by atoms with Gasteiger partial charge in [-0.05, 0) is 0 Å². The monoisotopic (exact) mass is 204 g/mol. The van der Waals surface area contributed by atoms with Gasteiger partial charge in [-0.2, -0.15) is 0 Å². The lowest BCUT2D eigenvalue weighted by atomic mass is 10.4. The molecule has 0 radical (unpaired) electrons. The van der Waals surface area contributed by atoms with Crippen molar-refractivity contribution in [1.29, 1.82) is 0 Å². The van der Waals surface area contributed by atoms with E-state index in [0.29, 0.717) is 0 Å². The summed E-state index contributed by atoms with van der Waals surface area (Å²) in [5.74, 6) is 0. The number of hydrogen-bond donors (Lipinski definition) is 0. The molecule has 2 heteroatoms. The second-order valence-corrected chi connectivity index (χ2v) is 2.54. The highest BCUT2D eigenvalue weighted by Crippen LogP contribution is 1.79. The van der Waals surface area contributed by atoms with Gasteiger partial charge in [0.25, 0.3) is 0 Å². The zero-order chi connectivity index (χ0) is 6.95. The van der Waals surface area contributed by atoms with Crippen LogP contribution in [0, 0.1) is 0 Å². The first-order valence-corrected chi connectivity index (χ1v) is 4.10. The minimum absolute atomic E-state index is 0. The molecule has 1 rings (SSSR count). The Morgan fingerprint density at radius 3 is 1.10 bits per heavy atom. The molecule has 0 atom stereocenters. The van der Waals surface area contributed by atoms with Gasteiger partial charge in [0.05, 0.1) is 0 Å². The van der Waals surface area contributed by atoms with Crippen LogP contribution in [0.25, 0.3) is 0 Å². The van der Waals surface area contributed by atoms with Crippen molar-refractivity contribution in [2.75, 3.05) is 5.33 Å². The quantitative estimate of drug-likeness (QED) is 0.582. The van der Waals surface area contributed by atoms with Crippen molar-refractivity contribution in [3.63, 3.8) is 0 Å². The molecule has 0 unspecified atom stereocenters. The number of hydrogen-bond acceptors (Lipinski definition) is 0. The second-order valence-electron chi connectivity index (χ2n) is 1.42. The normalized spacial score (nSPS) is 6.60. The number of halogens is 1. The van der Waals surface area contributed by atoms with Crippen molar-refractivity contribution in [1.82, 2.24) is 0 Å². The maximum absolute atomic E-state index is 3.15. The summed E-state index contributed by atoms with van der Waals surface area (Å²) in [6.45, 7) is 2.04. The Labute approximate surface area is 70.5 Å². The Balaban J connectivity index is 0. The molecule has 58 valence electrons. The zero-order valence-corrected chi connectivity index (χ0v) is 7.64. The summed E-state index contributed by atoms with van der Waals surface area (Å²) >= 11 is 3.15. The standard InChI is InChI=1S/C6H6.C2H5Br.H2O/c1-2-4-6-5-3-1;1-2-3;/h1-6H;2H2,1H3;1H2. The van der Waals surface area contributed by atoms with Gasteiger partial charge in [-0.3, -0.25) is 0 Å². The molecule has 0 saturated heterocycles. The van der Waals surface area contributed by atoms with Gasteiger partial charge in [0.15, 0.2) is 0 Å². The van der Waals surface area contributed by atoms with Gasteiger partial charge >= 0.3 is 0 Å². The lowest BCUT2D eigenvalue weighted by molar-refractivity contribution is 0.824. The molecule has 0 amide bonds.